The molecule has 5 heteroatoms. The van der Waals surface area contributed by atoms with Crippen LogP contribution in [0.5, 0.6) is 0 Å². The number of nitro benzene ring substituents is 1. The smallest absolute Gasteiger partial charge is 0.258 e. The number of benzene rings is 1. The van der Waals surface area contributed by atoms with Crippen LogP contribution in [0.4, 0.5) is 10.1 Å². The normalized spacial score (nSPS) is 10.1. The van der Waals surface area contributed by atoms with E-state index in [9.17, 15) is 14.5 Å². The van der Waals surface area contributed by atoms with E-state index in [0.717, 1.165) is 6.07 Å². The third-order valence-corrected chi connectivity index (χ3v) is 2.46. The molecule has 1 aromatic rings. The first-order valence-electron chi connectivity index (χ1n) is 3.69. The maximum Gasteiger partial charge on any atom is 0.305 e. The zero-order valence-corrected chi connectivity index (χ0v) is 8.47. The van der Waals surface area contributed by atoms with Crippen LogP contribution in [-0.4, -0.2) is 4.92 Å². The largest absolute Gasteiger partial charge is 0.305 e. The Bertz CT molecular complexity index is 354. The molecule has 0 aliphatic carbocycles. The van der Waals surface area contributed by atoms with Crippen LogP contribution in [0.15, 0.2) is 16.6 Å². The van der Waals surface area contributed by atoms with Crippen molar-refractivity contribution in [3.8, 4) is 0 Å². The molecule has 0 saturated heterocycles. The average Bonchev–Trinajstić information content (AvgIpc) is 2.04. The van der Waals surface area contributed by atoms with E-state index in [-0.39, 0.29) is 0 Å². The minimum absolute atomic E-state index is 0.342. The van der Waals surface area contributed by atoms with Gasteiger partial charge in [-0.1, -0.05) is 22.9 Å². The van der Waals surface area contributed by atoms with Gasteiger partial charge in [0.2, 0.25) is 5.82 Å². The standard InChI is InChI=1S/C8H7BrFNO2/c1-2-5-6(9)3-4-7(8(5)10)11(12)13/h3-4H,2H2,1H3. The summed E-state index contributed by atoms with van der Waals surface area (Å²) in [7, 11) is 0. The van der Waals surface area contributed by atoms with E-state index in [4.69, 9.17) is 0 Å². The average molecular weight is 248 g/mol. The Labute approximate surface area is 82.8 Å². The van der Waals surface area contributed by atoms with E-state index < -0.39 is 16.4 Å². The summed E-state index contributed by atoms with van der Waals surface area (Å²) in [5.74, 6) is -0.748. The molecule has 1 aromatic carbocycles. The summed E-state index contributed by atoms with van der Waals surface area (Å²) < 4.78 is 13.9. The zero-order chi connectivity index (χ0) is 10.0. The fourth-order valence-corrected chi connectivity index (χ4v) is 1.64. The van der Waals surface area contributed by atoms with Gasteiger partial charge in [-0.05, 0) is 12.5 Å². The van der Waals surface area contributed by atoms with E-state index in [1.54, 1.807) is 6.92 Å². The predicted octanol–water partition coefficient (Wildman–Crippen LogP) is 3.06. The molecular weight excluding hydrogens is 241 g/mol. The van der Waals surface area contributed by atoms with E-state index in [2.05, 4.69) is 15.9 Å². The van der Waals surface area contributed by atoms with Crippen LogP contribution in [0.2, 0.25) is 0 Å². The molecule has 0 aliphatic rings. The summed E-state index contributed by atoms with van der Waals surface area (Å²) in [4.78, 5) is 9.63. The fraction of sp³-hybridized carbons (Fsp3) is 0.250. The molecule has 0 aliphatic heterocycles. The molecule has 13 heavy (non-hydrogen) atoms. The van der Waals surface area contributed by atoms with Gasteiger partial charge in [0.05, 0.1) is 4.92 Å². The number of rotatable bonds is 2. The lowest BCUT2D eigenvalue weighted by Crippen LogP contribution is -1.97. The molecule has 0 spiro atoms. The van der Waals surface area contributed by atoms with Crippen molar-refractivity contribution >= 4 is 21.6 Å². The summed E-state index contributed by atoms with van der Waals surface area (Å²) in [6.45, 7) is 1.74. The van der Waals surface area contributed by atoms with Crippen LogP contribution >= 0.6 is 15.9 Å². The second-order valence-corrected chi connectivity index (χ2v) is 3.32. The van der Waals surface area contributed by atoms with Crippen molar-refractivity contribution in [2.24, 2.45) is 0 Å². The van der Waals surface area contributed by atoms with Crippen LogP contribution in [0.25, 0.3) is 0 Å². The van der Waals surface area contributed by atoms with Gasteiger partial charge in [-0.3, -0.25) is 10.1 Å². The molecule has 0 unspecified atom stereocenters. The van der Waals surface area contributed by atoms with Crippen molar-refractivity contribution in [1.29, 1.82) is 0 Å². The van der Waals surface area contributed by atoms with Gasteiger partial charge in [0.25, 0.3) is 0 Å². The highest BCUT2D eigenvalue weighted by Gasteiger charge is 2.18. The molecular formula is C8H7BrFNO2. The highest BCUT2D eigenvalue weighted by molar-refractivity contribution is 9.10. The molecule has 3 nitrogen and oxygen atoms in total. The Morgan fingerprint density at radius 2 is 2.23 bits per heavy atom. The first-order valence-corrected chi connectivity index (χ1v) is 4.48. The molecule has 0 saturated carbocycles. The Balaban J connectivity index is 3.35. The topological polar surface area (TPSA) is 43.1 Å². The molecule has 0 fully saturated rings. The van der Waals surface area contributed by atoms with Crippen molar-refractivity contribution in [3.63, 3.8) is 0 Å². The number of nitro groups is 1. The summed E-state index contributed by atoms with van der Waals surface area (Å²) in [5, 5.41) is 10.4. The Hall–Kier alpha value is -0.970. The van der Waals surface area contributed by atoms with E-state index in [1.165, 1.54) is 6.07 Å². The van der Waals surface area contributed by atoms with E-state index in [0.29, 0.717) is 16.5 Å². The maximum atomic E-state index is 13.3. The molecule has 0 bridgehead atoms. The van der Waals surface area contributed by atoms with Gasteiger partial charge in [-0.25, -0.2) is 0 Å². The summed E-state index contributed by atoms with van der Waals surface area (Å²) in [6.07, 6.45) is 0.425. The van der Waals surface area contributed by atoms with Crippen LogP contribution in [0.3, 0.4) is 0 Å². The van der Waals surface area contributed by atoms with Gasteiger partial charge < -0.3 is 0 Å². The monoisotopic (exact) mass is 247 g/mol. The highest BCUT2D eigenvalue weighted by Crippen LogP contribution is 2.27. The Kier molecular flexibility index (Phi) is 2.98. The minimum Gasteiger partial charge on any atom is -0.258 e. The quantitative estimate of drug-likeness (QED) is 0.596. The van der Waals surface area contributed by atoms with Crippen molar-refractivity contribution in [3.05, 3.63) is 38.1 Å². The molecule has 70 valence electrons. The van der Waals surface area contributed by atoms with Gasteiger partial charge in [0.1, 0.15) is 0 Å². The van der Waals surface area contributed by atoms with Crippen LogP contribution in [-0.2, 0) is 6.42 Å². The fourth-order valence-electron chi connectivity index (χ4n) is 1.05. The molecule has 0 amide bonds. The number of halogens is 2. The lowest BCUT2D eigenvalue weighted by Gasteiger charge is -2.02. The number of hydrogen-bond donors (Lipinski definition) is 0. The Morgan fingerprint density at radius 1 is 1.62 bits per heavy atom. The van der Waals surface area contributed by atoms with Crippen LogP contribution in [0, 0.1) is 15.9 Å². The van der Waals surface area contributed by atoms with Gasteiger partial charge in [-0.2, -0.15) is 4.39 Å². The third kappa shape index (κ3) is 1.85. The summed E-state index contributed by atoms with van der Waals surface area (Å²) in [6, 6.07) is 2.64. The van der Waals surface area contributed by atoms with Crippen molar-refractivity contribution in [1.82, 2.24) is 0 Å². The van der Waals surface area contributed by atoms with Gasteiger partial charge in [-0.15, -0.1) is 0 Å². The van der Waals surface area contributed by atoms with Gasteiger partial charge >= 0.3 is 5.69 Å². The van der Waals surface area contributed by atoms with Gasteiger partial charge in [0.15, 0.2) is 0 Å². The van der Waals surface area contributed by atoms with E-state index in [1.807, 2.05) is 0 Å². The van der Waals surface area contributed by atoms with Crippen molar-refractivity contribution < 1.29 is 9.31 Å². The van der Waals surface area contributed by atoms with Crippen molar-refractivity contribution in [2.75, 3.05) is 0 Å². The van der Waals surface area contributed by atoms with Crippen LogP contribution in [0.1, 0.15) is 12.5 Å². The minimum atomic E-state index is -0.748. The molecule has 1 rings (SSSR count). The van der Waals surface area contributed by atoms with Crippen molar-refractivity contribution in [2.45, 2.75) is 13.3 Å². The zero-order valence-electron chi connectivity index (χ0n) is 6.88. The summed E-state index contributed by atoms with van der Waals surface area (Å²) >= 11 is 3.13. The molecule has 0 aromatic heterocycles. The number of hydrogen-bond acceptors (Lipinski definition) is 2. The lowest BCUT2D eigenvalue weighted by atomic mass is 10.1. The van der Waals surface area contributed by atoms with Crippen LogP contribution < -0.4 is 0 Å². The first-order chi connectivity index (χ1) is 6.07. The molecule has 0 radical (unpaired) electrons. The second kappa shape index (κ2) is 3.83. The third-order valence-electron chi connectivity index (χ3n) is 1.72. The second-order valence-electron chi connectivity index (χ2n) is 2.47. The lowest BCUT2D eigenvalue weighted by molar-refractivity contribution is -0.387. The molecule has 0 heterocycles. The highest BCUT2D eigenvalue weighted by atomic mass is 79.9. The predicted molar refractivity (Wildman–Crippen MR) is 50.1 cm³/mol. The van der Waals surface area contributed by atoms with Gasteiger partial charge in [0, 0.05) is 16.1 Å². The molecule has 0 atom stereocenters. The SMILES string of the molecule is CCc1c(Br)ccc([N+](=O)[O-])c1F. The first kappa shape index (κ1) is 10.1. The number of nitrogens with zero attached hydrogens (tertiary/aromatic N) is 1. The Morgan fingerprint density at radius 3 is 2.69 bits per heavy atom. The maximum absolute atomic E-state index is 13.3. The molecule has 0 N–H and O–H groups in total. The summed E-state index contributed by atoms with van der Waals surface area (Å²) in [5.41, 5.74) is -0.130. The van der Waals surface area contributed by atoms with E-state index >= 15 is 0 Å².